The number of hydroxylamine groups is 2. The highest BCUT2D eigenvalue weighted by molar-refractivity contribution is 6.01. The van der Waals surface area contributed by atoms with Crippen LogP contribution in [0.5, 0.6) is 0 Å². The molecule has 0 bridgehead atoms. The van der Waals surface area contributed by atoms with E-state index in [4.69, 9.17) is 19.0 Å². The summed E-state index contributed by atoms with van der Waals surface area (Å²) in [4.78, 5) is 50.4. The van der Waals surface area contributed by atoms with E-state index in [2.05, 4.69) is 5.32 Å². The molecule has 29 heavy (non-hydrogen) atoms. The van der Waals surface area contributed by atoms with Crippen molar-refractivity contribution in [3.63, 3.8) is 0 Å². The van der Waals surface area contributed by atoms with E-state index in [1.807, 2.05) is 30.3 Å². The van der Waals surface area contributed by atoms with Crippen LogP contribution in [0, 0.1) is 0 Å². The predicted octanol–water partition coefficient (Wildman–Crippen LogP) is 0.943. The Morgan fingerprint density at radius 3 is 2.28 bits per heavy atom. The zero-order chi connectivity index (χ0) is 20.9. The molecule has 1 heterocycles. The van der Waals surface area contributed by atoms with Crippen molar-refractivity contribution in [2.45, 2.75) is 25.9 Å². The van der Waals surface area contributed by atoms with Gasteiger partial charge in [-0.15, -0.1) is 5.06 Å². The molecule has 1 aliphatic heterocycles. The molecule has 0 radical (unpaired) electrons. The third kappa shape index (κ3) is 8.71. The van der Waals surface area contributed by atoms with Crippen molar-refractivity contribution in [2.24, 2.45) is 0 Å². The topological polar surface area (TPSA) is 120 Å². The summed E-state index contributed by atoms with van der Waals surface area (Å²) in [6.07, 6.45) is -0.507. The predicted molar refractivity (Wildman–Crippen MR) is 98.1 cm³/mol. The third-order valence-corrected chi connectivity index (χ3v) is 3.75. The Kier molecular flexibility index (Phi) is 9.60. The van der Waals surface area contributed by atoms with Crippen LogP contribution in [0.25, 0.3) is 0 Å². The first-order valence-corrected chi connectivity index (χ1v) is 9.23. The number of alkyl carbamates (subject to hydrolysis) is 1. The van der Waals surface area contributed by atoms with Gasteiger partial charge < -0.3 is 24.4 Å². The number of hydrogen-bond acceptors (Lipinski definition) is 8. The maximum atomic E-state index is 11.5. The Bertz CT molecular complexity index is 679. The van der Waals surface area contributed by atoms with Crippen molar-refractivity contribution in [1.82, 2.24) is 10.4 Å². The van der Waals surface area contributed by atoms with Crippen molar-refractivity contribution in [3.05, 3.63) is 35.9 Å². The lowest BCUT2D eigenvalue weighted by molar-refractivity contribution is -0.198. The molecule has 10 nitrogen and oxygen atoms in total. The number of hydrogen-bond donors (Lipinski definition) is 1. The second kappa shape index (κ2) is 12.5. The fraction of sp³-hybridized carbons (Fsp3) is 0.474. The van der Waals surface area contributed by atoms with Crippen LogP contribution >= 0.6 is 0 Å². The minimum absolute atomic E-state index is 0.0551. The number of ether oxygens (including phenoxy) is 3. The zero-order valence-corrected chi connectivity index (χ0v) is 16.0. The second-order valence-corrected chi connectivity index (χ2v) is 6.01. The molecule has 1 saturated heterocycles. The third-order valence-electron chi connectivity index (χ3n) is 3.75. The first-order valence-electron chi connectivity index (χ1n) is 9.23. The number of amides is 3. The summed E-state index contributed by atoms with van der Waals surface area (Å²) in [5.41, 5.74) is 0.901. The van der Waals surface area contributed by atoms with E-state index < -0.39 is 23.9 Å². The van der Waals surface area contributed by atoms with E-state index in [9.17, 15) is 19.2 Å². The van der Waals surface area contributed by atoms with Crippen LogP contribution in [0.1, 0.15) is 24.8 Å². The molecule has 1 N–H and O–H groups in total. The first kappa shape index (κ1) is 22.3. The highest BCUT2D eigenvalue weighted by Crippen LogP contribution is 2.12. The van der Waals surface area contributed by atoms with Crippen molar-refractivity contribution >= 4 is 23.9 Å². The van der Waals surface area contributed by atoms with Gasteiger partial charge in [0.2, 0.25) is 0 Å². The van der Waals surface area contributed by atoms with E-state index in [1.165, 1.54) is 0 Å². The van der Waals surface area contributed by atoms with Gasteiger partial charge in [-0.3, -0.25) is 9.59 Å². The van der Waals surface area contributed by atoms with Crippen molar-refractivity contribution in [2.75, 3.05) is 33.0 Å². The van der Waals surface area contributed by atoms with Gasteiger partial charge in [0.15, 0.2) is 0 Å². The second-order valence-electron chi connectivity index (χ2n) is 6.01. The summed E-state index contributed by atoms with van der Waals surface area (Å²) in [6, 6.07) is 9.34. The monoisotopic (exact) mass is 408 g/mol. The number of rotatable bonds is 12. The quantitative estimate of drug-likeness (QED) is 0.401. The van der Waals surface area contributed by atoms with Crippen LogP contribution in [0.3, 0.4) is 0 Å². The van der Waals surface area contributed by atoms with Gasteiger partial charge in [0.05, 0.1) is 32.8 Å². The zero-order valence-electron chi connectivity index (χ0n) is 16.0. The first-order chi connectivity index (χ1) is 14.1. The summed E-state index contributed by atoms with van der Waals surface area (Å²) in [5.74, 6) is -1.75. The summed E-state index contributed by atoms with van der Waals surface area (Å²) in [6.45, 7) is 1.36. The molecular weight excluding hydrogens is 384 g/mol. The van der Waals surface area contributed by atoms with Gasteiger partial charge in [-0.1, -0.05) is 30.3 Å². The summed E-state index contributed by atoms with van der Waals surface area (Å²) in [7, 11) is 0. The maximum Gasteiger partial charge on any atom is 0.407 e. The molecule has 1 aromatic rings. The molecule has 1 aromatic carbocycles. The standard InChI is InChI=1S/C19H24N2O8/c22-16-6-7-17(23)21(16)29-18(24)8-10-26-12-13-27-11-9-20-19(25)28-14-15-4-2-1-3-5-15/h1-5H,6-14H2,(H,20,25). The number of nitrogens with zero attached hydrogens (tertiary/aromatic N) is 1. The van der Waals surface area contributed by atoms with Crippen molar-refractivity contribution < 1.29 is 38.2 Å². The lowest BCUT2D eigenvalue weighted by Gasteiger charge is -2.12. The van der Waals surface area contributed by atoms with E-state index in [0.29, 0.717) is 5.06 Å². The highest BCUT2D eigenvalue weighted by atomic mass is 16.7. The normalized spacial score (nSPS) is 13.4. The number of carbonyl (C=O) groups excluding carboxylic acids is 4. The Morgan fingerprint density at radius 1 is 0.931 bits per heavy atom. The van der Waals surface area contributed by atoms with E-state index >= 15 is 0 Å². The Balaban J connectivity index is 1.39. The average Bonchev–Trinajstić information content (AvgIpc) is 3.03. The number of carbonyl (C=O) groups is 4. The van der Waals surface area contributed by atoms with Gasteiger partial charge in [-0.25, -0.2) is 9.59 Å². The molecule has 2 rings (SSSR count). The van der Waals surface area contributed by atoms with Gasteiger partial charge in [-0.05, 0) is 5.56 Å². The molecule has 0 aromatic heterocycles. The van der Waals surface area contributed by atoms with Crippen LogP contribution in [0.15, 0.2) is 30.3 Å². The van der Waals surface area contributed by atoms with Crippen LogP contribution in [0.4, 0.5) is 4.79 Å². The fourth-order valence-electron chi connectivity index (χ4n) is 2.28. The molecule has 0 spiro atoms. The molecule has 1 aliphatic rings. The summed E-state index contributed by atoms with van der Waals surface area (Å²) in [5, 5.41) is 3.07. The molecule has 0 saturated carbocycles. The lowest BCUT2D eigenvalue weighted by Crippen LogP contribution is -2.32. The molecule has 0 unspecified atom stereocenters. The minimum Gasteiger partial charge on any atom is -0.445 e. The smallest absolute Gasteiger partial charge is 0.407 e. The highest BCUT2D eigenvalue weighted by Gasteiger charge is 2.32. The maximum absolute atomic E-state index is 11.5. The molecular formula is C19H24N2O8. The lowest BCUT2D eigenvalue weighted by atomic mass is 10.2. The molecule has 0 atom stereocenters. The number of benzene rings is 1. The Hall–Kier alpha value is -2.98. The van der Waals surface area contributed by atoms with Gasteiger partial charge in [-0.2, -0.15) is 0 Å². The van der Waals surface area contributed by atoms with Crippen LogP contribution in [-0.4, -0.2) is 61.9 Å². The van der Waals surface area contributed by atoms with Crippen molar-refractivity contribution in [3.8, 4) is 0 Å². The molecule has 0 aliphatic carbocycles. The summed E-state index contributed by atoms with van der Waals surface area (Å²) < 4.78 is 15.5. The average molecular weight is 408 g/mol. The number of imide groups is 1. The van der Waals surface area contributed by atoms with E-state index in [-0.39, 0.29) is 58.8 Å². The van der Waals surface area contributed by atoms with Crippen LogP contribution < -0.4 is 5.32 Å². The molecule has 158 valence electrons. The summed E-state index contributed by atoms with van der Waals surface area (Å²) >= 11 is 0. The van der Waals surface area contributed by atoms with Crippen molar-refractivity contribution in [1.29, 1.82) is 0 Å². The van der Waals surface area contributed by atoms with E-state index in [1.54, 1.807) is 0 Å². The van der Waals surface area contributed by atoms with Crippen LogP contribution in [0.2, 0.25) is 0 Å². The SMILES string of the molecule is O=C(CCOCCOCCNC(=O)OCc1ccccc1)ON1C(=O)CCC1=O. The molecule has 10 heteroatoms. The largest absolute Gasteiger partial charge is 0.445 e. The van der Waals surface area contributed by atoms with Gasteiger partial charge in [0.25, 0.3) is 11.8 Å². The van der Waals surface area contributed by atoms with Crippen LogP contribution in [-0.2, 0) is 40.0 Å². The van der Waals surface area contributed by atoms with Gasteiger partial charge in [0, 0.05) is 19.4 Å². The molecule has 1 fully saturated rings. The Labute approximate surface area is 168 Å². The number of nitrogens with one attached hydrogen (secondary N) is 1. The van der Waals surface area contributed by atoms with E-state index in [0.717, 1.165) is 5.56 Å². The van der Waals surface area contributed by atoms with Gasteiger partial charge >= 0.3 is 12.1 Å². The molecule has 3 amide bonds. The minimum atomic E-state index is -0.715. The fourth-order valence-corrected chi connectivity index (χ4v) is 2.28. The van der Waals surface area contributed by atoms with Gasteiger partial charge in [0.1, 0.15) is 6.61 Å². The Morgan fingerprint density at radius 2 is 1.59 bits per heavy atom.